The van der Waals surface area contributed by atoms with Crippen LogP contribution in [0.15, 0.2) is 35.2 Å². The Morgan fingerprint density at radius 1 is 1.11 bits per heavy atom. The van der Waals surface area contributed by atoms with Crippen molar-refractivity contribution in [1.82, 2.24) is 14.5 Å². The van der Waals surface area contributed by atoms with Crippen molar-refractivity contribution in [3.05, 3.63) is 47.4 Å². The van der Waals surface area contributed by atoms with Gasteiger partial charge >= 0.3 is 0 Å². The molecule has 0 spiro atoms. The van der Waals surface area contributed by atoms with E-state index in [0.717, 1.165) is 35.4 Å². The molecule has 144 valence electrons. The number of fused-ring (bicyclic) bond motifs is 1. The van der Waals surface area contributed by atoms with Crippen LogP contribution in [0.1, 0.15) is 36.8 Å². The fourth-order valence-electron chi connectivity index (χ4n) is 3.36. The maximum absolute atomic E-state index is 12.6. The van der Waals surface area contributed by atoms with Crippen molar-refractivity contribution in [2.24, 2.45) is 0 Å². The number of aryl methyl sites for hydroxylation is 4. The van der Waals surface area contributed by atoms with Crippen molar-refractivity contribution in [1.29, 1.82) is 0 Å². The number of pyridine rings is 1. The predicted molar refractivity (Wildman–Crippen MR) is 109 cm³/mol. The van der Waals surface area contributed by atoms with Gasteiger partial charge in [-0.2, -0.15) is 0 Å². The van der Waals surface area contributed by atoms with Gasteiger partial charge in [0.05, 0.1) is 16.2 Å². The Morgan fingerprint density at radius 3 is 2.48 bits per heavy atom. The zero-order valence-electron chi connectivity index (χ0n) is 16.1. The summed E-state index contributed by atoms with van der Waals surface area (Å²) < 4.78 is 27.2. The number of aromatic nitrogens is 3. The Bertz CT molecular complexity index is 1060. The largest absolute Gasteiger partial charge is 0.382 e. The van der Waals surface area contributed by atoms with E-state index in [1.54, 1.807) is 24.3 Å². The molecule has 2 N–H and O–H groups in total. The summed E-state index contributed by atoms with van der Waals surface area (Å²) in [5, 5.41) is 0. The molecule has 0 fully saturated rings. The molecular weight excluding hydrogens is 360 g/mol. The molecule has 0 aliphatic rings. The first-order valence-electron chi connectivity index (χ1n) is 9.24. The van der Waals surface area contributed by atoms with Gasteiger partial charge in [-0.1, -0.05) is 25.1 Å². The summed E-state index contributed by atoms with van der Waals surface area (Å²) in [5.41, 5.74) is 9.70. The van der Waals surface area contributed by atoms with Crippen molar-refractivity contribution in [2.45, 2.75) is 51.5 Å². The Hall–Kier alpha value is -2.41. The molecule has 6 nitrogen and oxygen atoms in total. The summed E-state index contributed by atoms with van der Waals surface area (Å²) in [6.45, 7) is 6.63. The molecule has 0 saturated carbocycles. The first-order valence-corrected chi connectivity index (χ1v) is 10.9. The molecule has 1 aromatic carbocycles. The fourth-order valence-corrected chi connectivity index (χ4v) is 4.68. The first-order chi connectivity index (χ1) is 12.8. The summed E-state index contributed by atoms with van der Waals surface area (Å²) in [4.78, 5) is 9.45. The number of sulfone groups is 1. The molecule has 0 bridgehead atoms. The predicted octanol–water partition coefficient (Wildman–Crippen LogP) is 3.45. The molecule has 27 heavy (non-hydrogen) atoms. The topological polar surface area (TPSA) is 90.9 Å². The molecule has 3 aromatic rings. The highest BCUT2D eigenvalue weighted by atomic mass is 32.2. The lowest BCUT2D eigenvalue weighted by molar-refractivity contribution is 0.584. The molecular formula is C20H26N4O2S. The zero-order valence-corrected chi connectivity index (χ0v) is 16.9. The summed E-state index contributed by atoms with van der Waals surface area (Å²) in [6, 6.07) is 8.60. The average molecular weight is 387 g/mol. The molecule has 0 aliphatic carbocycles. The maximum atomic E-state index is 12.6. The molecule has 3 rings (SSSR count). The number of hydrogen-bond acceptors (Lipinski definition) is 5. The van der Waals surface area contributed by atoms with Gasteiger partial charge in [-0.05, 0) is 44.4 Å². The van der Waals surface area contributed by atoms with Crippen LogP contribution in [-0.4, -0.2) is 28.7 Å². The van der Waals surface area contributed by atoms with Gasteiger partial charge in [0.25, 0.3) is 0 Å². The van der Waals surface area contributed by atoms with Crippen molar-refractivity contribution in [3.8, 4) is 0 Å². The van der Waals surface area contributed by atoms with Crippen LogP contribution >= 0.6 is 0 Å². The summed E-state index contributed by atoms with van der Waals surface area (Å²) >= 11 is 0. The molecule has 0 saturated heterocycles. The minimum absolute atomic E-state index is 0.0981. The number of imidazole rings is 1. The SMILES string of the molecule is CCCc1nc2c(N)nc(C)c(C)c2n1CCCS(=O)(=O)c1ccccc1. The second-order valence-corrected chi connectivity index (χ2v) is 8.93. The fraction of sp³-hybridized carbons (Fsp3) is 0.400. The molecule has 0 atom stereocenters. The highest BCUT2D eigenvalue weighted by Gasteiger charge is 2.19. The summed E-state index contributed by atoms with van der Waals surface area (Å²) in [6.07, 6.45) is 2.29. The number of nitrogens with two attached hydrogens (primary N) is 1. The molecule has 0 amide bonds. The van der Waals surface area contributed by atoms with E-state index in [1.165, 1.54) is 0 Å². The highest BCUT2D eigenvalue weighted by Crippen LogP contribution is 2.27. The van der Waals surface area contributed by atoms with Gasteiger partial charge in [0.1, 0.15) is 11.3 Å². The van der Waals surface area contributed by atoms with Crippen LogP contribution in [0.5, 0.6) is 0 Å². The lowest BCUT2D eigenvalue weighted by atomic mass is 10.2. The molecule has 7 heteroatoms. The van der Waals surface area contributed by atoms with E-state index in [4.69, 9.17) is 10.7 Å². The number of nitrogens with zero attached hydrogens (tertiary/aromatic N) is 3. The van der Waals surface area contributed by atoms with E-state index in [1.807, 2.05) is 19.9 Å². The van der Waals surface area contributed by atoms with Crippen molar-refractivity contribution in [3.63, 3.8) is 0 Å². The first kappa shape index (κ1) is 19.4. The normalized spacial score (nSPS) is 12.0. The number of anilines is 1. The smallest absolute Gasteiger partial charge is 0.178 e. The van der Waals surface area contributed by atoms with Crippen molar-refractivity contribution >= 4 is 26.7 Å². The molecule has 2 aromatic heterocycles. The van der Waals surface area contributed by atoms with E-state index < -0.39 is 9.84 Å². The zero-order chi connectivity index (χ0) is 19.6. The maximum Gasteiger partial charge on any atom is 0.178 e. The van der Waals surface area contributed by atoms with Gasteiger partial charge in [0.2, 0.25) is 0 Å². The number of nitrogen functional groups attached to an aromatic ring is 1. The van der Waals surface area contributed by atoms with Crippen LogP contribution < -0.4 is 5.73 Å². The standard InChI is InChI=1S/C20H26N4O2S/c1-4-9-17-23-18-19(14(2)15(3)22-20(18)21)24(17)12-8-13-27(25,26)16-10-6-5-7-11-16/h5-7,10-11H,4,8-9,12-13H2,1-3H3,(H2,21,22). The lowest BCUT2D eigenvalue weighted by Crippen LogP contribution is -2.12. The molecule has 0 unspecified atom stereocenters. The van der Waals surface area contributed by atoms with Gasteiger partial charge in [-0.25, -0.2) is 18.4 Å². The number of hydrogen-bond donors (Lipinski definition) is 1. The Kier molecular flexibility index (Phi) is 5.51. The van der Waals surface area contributed by atoms with Gasteiger partial charge in [-0.15, -0.1) is 0 Å². The number of benzene rings is 1. The van der Waals surface area contributed by atoms with Crippen LogP contribution in [0.3, 0.4) is 0 Å². The minimum atomic E-state index is -3.29. The Balaban J connectivity index is 1.91. The third-order valence-electron chi connectivity index (χ3n) is 4.85. The molecule has 0 aliphatic heterocycles. The van der Waals surface area contributed by atoms with Crippen LogP contribution in [0.4, 0.5) is 5.82 Å². The van der Waals surface area contributed by atoms with Crippen LogP contribution in [0.2, 0.25) is 0 Å². The Morgan fingerprint density at radius 2 is 1.81 bits per heavy atom. The van der Waals surface area contributed by atoms with Gasteiger partial charge in [0.15, 0.2) is 15.7 Å². The van der Waals surface area contributed by atoms with E-state index in [9.17, 15) is 8.42 Å². The monoisotopic (exact) mass is 386 g/mol. The summed E-state index contributed by atoms with van der Waals surface area (Å²) in [7, 11) is -3.29. The van der Waals surface area contributed by atoms with Crippen LogP contribution in [0.25, 0.3) is 11.0 Å². The van der Waals surface area contributed by atoms with Crippen molar-refractivity contribution in [2.75, 3.05) is 11.5 Å². The second-order valence-electron chi connectivity index (χ2n) is 6.82. The highest BCUT2D eigenvalue weighted by molar-refractivity contribution is 7.91. The quantitative estimate of drug-likeness (QED) is 0.671. The second kappa shape index (κ2) is 7.68. The molecule has 2 heterocycles. The third-order valence-corrected chi connectivity index (χ3v) is 6.66. The third kappa shape index (κ3) is 3.83. The Labute approximate surface area is 160 Å². The van der Waals surface area contributed by atoms with Crippen molar-refractivity contribution < 1.29 is 8.42 Å². The summed E-state index contributed by atoms with van der Waals surface area (Å²) in [5.74, 6) is 1.47. The minimum Gasteiger partial charge on any atom is -0.382 e. The van der Waals surface area contributed by atoms with E-state index >= 15 is 0 Å². The van der Waals surface area contributed by atoms with Crippen LogP contribution in [0, 0.1) is 13.8 Å². The molecule has 0 radical (unpaired) electrons. The van der Waals surface area contributed by atoms with Crippen LogP contribution in [-0.2, 0) is 22.8 Å². The van der Waals surface area contributed by atoms with E-state index in [0.29, 0.717) is 29.2 Å². The van der Waals surface area contributed by atoms with Gasteiger partial charge in [-0.3, -0.25) is 0 Å². The van der Waals surface area contributed by atoms with E-state index in [-0.39, 0.29) is 5.75 Å². The van der Waals surface area contributed by atoms with Gasteiger partial charge < -0.3 is 10.3 Å². The van der Waals surface area contributed by atoms with Gasteiger partial charge in [0, 0.05) is 18.7 Å². The lowest BCUT2D eigenvalue weighted by Gasteiger charge is -2.12. The average Bonchev–Trinajstić information content (AvgIpc) is 3.00. The number of rotatable bonds is 7. The van der Waals surface area contributed by atoms with E-state index in [2.05, 4.69) is 16.5 Å².